The highest BCUT2D eigenvalue weighted by Crippen LogP contribution is 2.20. The van der Waals surface area contributed by atoms with Crippen molar-refractivity contribution >= 4 is 15.9 Å². The monoisotopic (exact) mass is 347 g/mol. The van der Waals surface area contributed by atoms with Gasteiger partial charge in [-0.1, -0.05) is 12.1 Å². The van der Waals surface area contributed by atoms with Crippen LogP contribution < -0.4 is 5.32 Å². The summed E-state index contributed by atoms with van der Waals surface area (Å²) in [5.74, 6) is -0.332. The van der Waals surface area contributed by atoms with E-state index in [9.17, 15) is 13.2 Å². The summed E-state index contributed by atoms with van der Waals surface area (Å²) in [6.07, 6.45) is 3.35. The Kier molecular flexibility index (Phi) is 5.36. The molecule has 6 nitrogen and oxygen atoms in total. The molecule has 2 rings (SSSR count). The van der Waals surface area contributed by atoms with Gasteiger partial charge in [-0.05, 0) is 43.2 Å². The minimum atomic E-state index is -3.60. The number of nitrogens with zero attached hydrogens (tertiary/aromatic N) is 2. The van der Waals surface area contributed by atoms with E-state index in [0.29, 0.717) is 11.1 Å². The van der Waals surface area contributed by atoms with Gasteiger partial charge in [0.05, 0.1) is 10.9 Å². The Bertz CT molecular complexity index is 833. The van der Waals surface area contributed by atoms with E-state index >= 15 is 0 Å². The first-order valence-electron chi connectivity index (χ1n) is 7.47. The number of carbonyl (C=O) groups excluding carboxylic acids is 1. The molecule has 2 aromatic rings. The minimum Gasteiger partial charge on any atom is -0.345 e. The highest BCUT2D eigenvalue weighted by molar-refractivity contribution is 7.89. The van der Waals surface area contributed by atoms with Crippen molar-refractivity contribution in [3.05, 3.63) is 59.4 Å². The lowest BCUT2D eigenvalue weighted by Gasteiger charge is -2.16. The predicted octanol–water partition coefficient (Wildman–Crippen LogP) is 2.13. The first-order chi connectivity index (χ1) is 11.2. The molecule has 0 saturated carbocycles. The maximum absolute atomic E-state index is 12.4. The second-order valence-corrected chi connectivity index (χ2v) is 7.87. The molecule has 128 valence electrons. The number of aryl methyl sites for hydroxylation is 1. The molecule has 24 heavy (non-hydrogen) atoms. The lowest BCUT2D eigenvalue weighted by Crippen LogP contribution is -2.28. The summed E-state index contributed by atoms with van der Waals surface area (Å²) in [6, 6.07) is 8.10. The average molecular weight is 347 g/mol. The number of aromatic nitrogens is 1. The van der Waals surface area contributed by atoms with E-state index in [1.165, 1.54) is 20.2 Å². The van der Waals surface area contributed by atoms with Crippen LogP contribution in [0.4, 0.5) is 0 Å². The zero-order valence-corrected chi connectivity index (χ0v) is 15.0. The van der Waals surface area contributed by atoms with Crippen molar-refractivity contribution in [1.29, 1.82) is 0 Å². The van der Waals surface area contributed by atoms with Crippen molar-refractivity contribution in [1.82, 2.24) is 14.6 Å². The van der Waals surface area contributed by atoms with Crippen molar-refractivity contribution in [2.75, 3.05) is 14.1 Å². The summed E-state index contributed by atoms with van der Waals surface area (Å²) in [6.45, 7) is 3.55. The van der Waals surface area contributed by atoms with Crippen LogP contribution in [0.1, 0.15) is 34.5 Å². The van der Waals surface area contributed by atoms with Crippen LogP contribution in [0.5, 0.6) is 0 Å². The molecule has 0 aliphatic heterocycles. The van der Waals surface area contributed by atoms with Gasteiger partial charge in [0, 0.05) is 32.1 Å². The third-order valence-corrected chi connectivity index (χ3v) is 5.70. The number of hydrogen-bond donors (Lipinski definition) is 1. The molecule has 0 aliphatic rings. The molecule has 1 heterocycles. The van der Waals surface area contributed by atoms with E-state index in [2.05, 4.69) is 10.3 Å². The van der Waals surface area contributed by atoms with Gasteiger partial charge < -0.3 is 5.32 Å². The van der Waals surface area contributed by atoms with E-state index in [0.717, 1.165) is 9.87 Å². The van der Waals surface area contributed by atoms with Gasteiger partial charge in [-0.15, -0.1) is 0 Å². The molecule has 0 radical (unpaired) electrons. The van der Waals surface area contributed by atoms with Crippen LogP contribution >= 0.6 is 0 Å². The Hall–Kier alpha value is -2.25. The second kappa shape index (κ2) is 7.11. The quantitative estimate of drug-likeness (QED) is 0.899. The lowest BCUT2D eigenvalue weighted by atomic mass is 10.1. The average Bonchev–Trinajstić information content (AvgIpc) is 2.55. The maximum atomic E-state index is 12.4. The molecule has 0 saturated heterocycles. The molecule has 1 atom stereocenters. The van der Waals surface area contributed by atoms with Gasteiger partial charge in [0.2, 0.25) is 10.0 Å². The Morgan fingerprint density at radius 3 is 2.54 bits per heavy atom. The first kappa shape index (κ1) is 18.1. The van der Waals surface area contributed by atoms with E-state index < -0.39 is 10.0 Å². The van der Waals surface area contributed by atoms with Gasteiger partial charge in [-0.25, -0.2) is 12.7 Å². The number of rotatable bonds is 5. The van der Waals surface area contributed by atoms with Gasteiger partial charge in [-0.2, -0.15) is 0 Å². The van der Waals surface area contributed by atoms with Crippen molar-refractivity contribution in [3.63, 3.8) is 0 Å². The highest BCUT2D eigenvalue weighted by atomic mass is 32.2. The van der Waals surface area contributed by atoms with Gasteiger partial charge >= 0.3 is 0 Å². The van der Waals surface area contributed by atoms with E-state index in [4.69, 9.17) is 0 Å². The summed E-state index contributed by atoms with van der Waals surface area (Å²) >= 11 is 0. The molecular weight excluding hydrogens is 326 g/mol. The van der Waals surface area contributed by atoms with Crippen LogP contribution in [0, 0.1) is 6.92 Å². The van der Waals surface area contributed by atoms with Gasteiger partial charge in [0.15, 0.2) is 0 Å². The van der Waals surface area contributed by atoms with E-state index in [1.807, 2.05) is 13.0 Å². The fourth-order valence-corrected chi connectivity index (χ4v) is 3.36. The fourth-order valence-electron chi connectivity index (χ4n) is 2.21. The molecule has 1 N–H and O–H groups in total. The van der Waals surface area contributed by atoms with Crippen LogP contribution in [0.15, 0.2) is 47.6 Å². The Morgan fingerprint density at radius 1 is 1.25 bits per heavy atom. The van der Waals surface area contributed by atoms with Crippen LogP contribution in [-0.4, -0.2) is 37.7 Å². The summed E-state index contributed by atoms with van der Waals surface area (Å²) < 4.78 is 25.8. The van der Waals surface area contributed by atoms with E-state index in [1.54, 1.807) is 37.5 Å². The Balaban J connectivity index is 2.28. The molecule has 7 heteroatoms. The molecular formula is C17H21N3O3S. The summed E-state index contributed by atoms with van der Waals surface area (Å²) in [4.78, 5) is 16.6. The second-order valence-electron chi connectivity index (χ2n) is 5.75. The molecule has 1 unspecified atom stereocenters. The fraction of sp³-hybridized carbons (Fsp3) is 0.294. The van der Waals surface area contributed by atoms with Gasteiger partial charge in [-0.3, -0.25) is 9.78 Å². The summed E-state index contributed by atoms with van der Waals surface area (Å²) in [5.41, 5.74) is 1.77. The van der Waals surface area contributed by atoms with E-state index in [-0.39, 0.29) is 16.8 Å². The topological polar surface area (TPSA) is 79.4 Å². The third-order valence-electron chi connectivity index (χ3n) is 3.74. The number of amides is 1. The van der Waals surface area contributed by atoms with Gasteiger partial charge in [0.25, 0.3) is 5.91 Å². The molecule has 0 bridgehead atoms. The molecule has 0 spiro atoms. The number of carbonyl (C=O) groups is 1. The number of hydrogen-bond acceptors (Lipinski definition) is 4. The molecule has 0 aliphatic carbocycles. The standard InChI is InChI=1S/C17H21N3O3S/c1-12-7-8-14(10-16(12)24(22,23)20(3)4)17(21)19-13(2)15-6-5-9-18-11-15/h5-11,13H,1-4H3,(H,19,21). The van der Waals surface area contributed by atoms with Crippen molar-refractivity contribution in [3.8, 4) is 0 Å². The number of sulfonamides is 1. The molecule has 1 amide bonds. The van der Waals surface area contributed by atoms with Crippen molar-refractivity contribution in [2.45, 2.75) is 24.8 Å². The molecule has 0 fully saturated rings. The number of pyridine rings is 1. The van der Waals surface area contributed by atoms with Crippen LogP contribution in [0.3, 0.4) is 0 Å². The van der Waals surface area contributed by atoms with Crippen LogP contribution in [0.25, 0.3) is 0 Å². The summed E-state index contributed by atoms with van der Waals surface area (Å²) in [7, 11) is -0.672. The van der Waals surface area contributed by atoms with Crippen molar-refractivity contribution in [2.24, 2.45) is 0 Å². The third kappa shape index (κ3) is 3.80. The zero-order chi connectivity index (χ0) is 17.9. The Morgan fingerprint density at radius 2 is 1.96 bits per heavy atom. The van der Waals surface area contributed by atoms with Crippen LogP contribution in [-0.2, 0) is 10.0 Å². The normalized spacial score (nSPS) is 12.9. The van der Waals surface area contributed by atoms with Crippen molar-refractivity contribution < 1.29 is 13.2 Å². The number of nitrogens with one attached hydrogen (secondary N) is 1. The zero-order valence-electron chi connectivity index (χ0n) is 14.1. The highest BCUT2D eigenvalue weighted by Gasteiger charge is 2.22. The summed E-state index contributed by atoms with van der Waals surface area (Å²) in [5, 5.41) is 2.85. The predicted molar refractivity (Wildman–Crippen MR) is 92.2 cm³/mol. The SMILES string of the molecule is Cc1ccc(C(=O)NC(C)c2cccnc2)cc1S(=O)(=O)N(C)C. The lowest BCUT2D eigenvalue weighted by molar-refractivity contribution is 0.0939. The van der Waals surface area contributed by atoms with Gasteiger partial charge in [0.1, 0.15) is 0 Å². The molecule has 1 aromatic carbocycles. The maximum Gasteiger partial charge on any atom is 0.251 e. The molecule has 1 aromatic heterocycles. The first-order valence-corrected chi connectivity index (χ1v) is 8.91. The Labute approximate surface area is 142 Å². The smallest absolute Gasteiger partial charge is 0.251 e. The minimum absolute atomic E-state index is 0.134. The van der Waals surface area contributed by atoms with Crippen LogP contribution in [0.2, 0.25) is 0 Å². The number of benzene rings is 1. The largest absolute Gasteiger partial charge is 0.345 e.